The average molecular weight is 338 g/mol. The fraction of sp³-hybridized carbons (Fsp3) is 0.333. The van der Waals surface area contributed by atoms with E-state index in [0.717, 1.165) is 28.9 Å². The minimum Gasteiger partial charge on any atom is -0.485 e. The molecule has 2 aromatic rings. The minimum absolute atomic E-state index is 0.0256. The van der Waals surface area contributed by atoms with E-state index in [2.05, 4.69) is 11.9 Å². The molecule has 0 N–H and O–H groups in total. The molecule has 0 aliphatic rings. The van der Waals surface area contributed by atoms with E-state index in [0.29, 0.717) is 11.3 Å². The first-order valence-electron chi connectivity index (χ1n) is 8.49. The van der Waals surface area contributed by atoms with Gasteiger partial charge in [-0.2, -0.15) is 0 Å². The van der Waals surface area contributed by atoms with Crippen molar-refractivity contribution in [1.82, 2.24) is 4.90 Å². The van der Waals surface area contributed by atoms with Crippen molar-refractivity contribution in [3.05, 3.63) is 58.7 Å². The lowest BCUT2D eigenvalue weighted by Crippen LogP contribution is -2.14. The summed E-state index contributed by atoms with van der Waals surface area (Å²) in [5.41, 5.74) is 4.62. The Bertz CT molecular complexity index is 764. The first-order valence-corrected chi connectivity index (χ1v) is 8.49. The minimum atomic E-state index is -0.0256. The van der Waals surface area contributed by atoms with Crippen molar-refractivity contribution in [3.8, 4) is 5.75 Å². The van der Waals surface area contributed by atoms with Gasteiger partial charge in [-0.25, -0.2) is 4.99 Å². The van der Waals surface area contributed by atoms with Crippen molar-refractivity contribution >= 4 is 17.8 Å². The van der Waals surface area contributed by atoms with Crippen molar-refractivity contribution in [2.75, 3.05) is 20.2 Å². The number of rotatable bonds is 7. The highest BCUT2D eigenvalue weighted by atomic mass is 16.5. The molecule has 0 saturated carbocycles. The second kappa shape index (κ2) is 8.47. The summed E-state index contributed by atoms with van der Waals surface area (Å²) in [7, 11) is 1.98. The molecule has 0 bridgehead atoms. The Balaban J connectivity index is 2.10. The zero-order valence-electron chi connectivity index (χ0n) is 15.7. The van der Waals surface area contributed by atoms with Crippen molar-refractivity contribution in [2.24, 2.45) is 4.99 Å². The molecule has 0 heterocycles. The van der Waals surface area contributed by atoms with Gasteiger partial charge in [-0.1, -0.05) is 17.7 Å². The number of hydrogen-bond donors (Lipinski definition) is 0. The Morgan fingerprint density at radius 3 is 2.44 bits per heavy atom. The molecule has 0 aromatic heterocycles. The summed E-state index contributed by atoms with van der Waals surface area (Å²) < 4.78 is 5.61. The van der Waals surface area contributed by atoms with Crippen LogP contribution in [0.3, 0.4) is 0 Å². The molecular formula is C21H26N2O2. The second-order valence-electron chi connectivity index (χ2n) is 6.30. The summed E-state index contributed by atoms with van der Waals surface area (Å²) in [6.07, 6.45) is 1.81. The number of aryl methyl sites for hydroxylation is 3. The summed E-state index contributed by atoms with van der Waals surface area (Å²) in [6, 6.07) is 11.5. The summed E-state index contributed by atoms with van der Waals surface area (Å²) in [6.45, 7) is 8.92. The number of ether oxygens (including phenoxy) is 1. The lowest BCUT2D eigenvalue weighted by molar-refractivity contribution is 0.0921. The number of hydrogen-bond acceptors (Lipinski definition) is 3. The first-order chi connectivity index (χ1) is 11.9. The van der Waals surface area contributed by atoms with Crippen LogP contribution in [0.1, 0.15) is 34.0 Å². The van der Waals surface area contributed by atoms with Gasteiger partial charge in [-0.05, 0) is 63.1 Å². The monoisotopic (exact) mass is 338 g/mol. The molecule has 0 spiro atoms. The number of Topliss-reactive ketones (excluding diaryl/α,β-unsaturated/α-hetero) is 1. The van der Waals surface area contributed by atoms with Crippen molar-refractivity contribution in [1.29, 1.82) is 0 Å². The summed E-state index contributed by atoms with van der Waals surface area (Å²) >= 11 is 0. The number of carbonyl (C=O) groups is 1. The van der Waals surface area contributed by atoms with Crippen molar-refractivity contribution in [3.63, 3.8) is 0 Å². The Morgan fingerprint density at radius 1 is 1.12 bits per heavy atom. The Morgan fingerprint density at radius 2 is 1.80 bits per heavy atom. The van der Waals surface area contributed by atoms with Crippen LogP contribution in [0.4, 0.5) is 5.69 Å². The molecule has 4 nitrogen and oxygen atoms in total. The molecule has 0 aliphatic carbocycles. The van der Waals surface area contributed by atoms with Gasteiger partial charge < -0.3 is 9.64 Å². The van der Waals surface area contributed by atoms with Gasteiger partial charge in [0.15, 0.2) is 12.4 Å². The molecular weight excluding hydrogens is 312 g/mol. The van der Waals surface area contributed by atoms with E-state index in [4.69, 9.17) is 4.74 Å². The zero-order chi connectivity index (χ0) is 18.4. The van der Waals surface area contributed by atoms with E-state index >= 15 is 0 Å². The standard InChI is InChI=1S/C21H26N2O2/c1-6-23(5)14-22-20-12-16(3)19(11-17(20)4)21(24)13-25-18-9-7-15(2)8-10-18/h7-12,14H,6,13H2,1-5H3. The summed E-state index contributed by atoms with van der Waals surface area (Å²) in [5, 5.41) is 0. The average Bonchev–Trinajstić information content (AvgIpc) is 2.61. The van der Waals surface area contributed by atoms with Crippen LogP contribution in [0.5, 0.6) is 5.75 Å². The fourth-order valence-corrected chi connectivity index (χ4v) is 2.34. The van der Waals surface area contributed by atoms with Crippen LogP contribution in [0.2, 0.25) is 0 Å². The van der Waals surface area contributed by atoms with E-state index in [1.807, 2.05) is 75.5 Å². The third kappa shape index (κ3) is 5.18. The third-order valence-electron chi connectivity index (χ3n) is 4.13. The van der Waals surface area contributed by atoms with Crippen molar-refractivity contribution < 1.29 is 9.53 Å². The van der Waals surface area contributed by atoms with Gasteiger partial charge in [0.25, 0.3) is 0 Å². The van der Waals surface area contributed by atoms with Crippen LogP contribution in [0.15, 0.2) is 41.4 Å². The fourth-order valence-electron chi connectivity index (χ4n) is 2.34. The van der Waals surface area contributed by atoms with E-state index in [-0.39, 0.29) is 12.4 Å². The lowest BCUT2D eigenvalue weighted by Gasteiger charge is -2.12. The van der Waals surface area contributed by atoms with Gasteiger partial charge in [0.05, 0.1) is 12.0 Å². The first kappa shape index (κ1) is 18.7. The Labute approximate surface area is 150 Å². The van der Waals surface area contributed by atoms with Gasteiger partial charge in [-0.3, -0.25) is 4.79 Å². The molecule has 25 heavy (non-hydrogen) atoms. The quantitative estimate of drug-likeness (QED) is 0.424. The molecule has 2 rings (SSSR count). The molecule has 4 heteroatoms. The van der Waals surface area contributed by atoms with Gasteiger partial charge >= 0.3 is 0 Å². The predicted molar refractivity (Wildman–Crippen MR) is 103 cm³/mol. The van der Waals surface area contributed by atoms with E-state index < -0.39 is 0 Å². The van der Waals surface area contributed by atoms with Gasteiger partial charge in [0, 0.05) is 19.2 Å². The maximum absolute atomic E-state index is 12.5. The van der Waals surface area contributed by atoms with Crippen LogP contribution in [0, 0.1) is 20.8 Å². The van der Waals surface area contributed by atoms with Crippen LogP contribution in [-0.2, 0) is 0 Å². The topological polar surface area (TPSA) is 41.9 Å². The largest absolute Gasteiger partial charge is 0.485 e. The molecule has 0 radical (unpaired) electrons. The molecule has 0 aliphatic heterocycles. The normalized spacial score (nSPS) is 10.9. The highest BCUT2D eigenvalue weighted by molar-refractivity contribution is 5.99. The zero-order valence-corrected chi connectivity index (χ0v) is 15.7. The highest BCUT2D eigenvalue weighted by Crippen LogP contribution is 2.24. The second-order valence-corrected chi connectivity index (χ2v) is 6.30. The third-order valence-corrected chi connectivity index (χ3v) is 4.13. The highest BCUT2D eigenvalue weighted by Gasteiger charge is 2.12. The van der Waals surface area contributed by atoms with Gasteiger partial charge in [0.2, 0.25) is 0 Å². The van der Waals surface area contributed by atoms with Gasteiger partial charge in [0.1, 0.15) is 5.75 Å². The van der Waals surface area contributed by atoms with Crippen LogP contribution in [-0.4, -0.2) is 37.2 Å². The van der Waals surface area contributed by atoms with E-state index in [1.54, 1.807) is 0 Å². The van der Waals surface area contributed by atoms with Gasteiger partial charge in [-0.15, -0.1) is 0 Å². The SMILES string of the molecule is CCN(C)C=Nc1cc(C)c(C(=O)COc2ccc(C)cc2)cc1C. The molecule has 132 valence electrons. The number of carbonyl (C=O) groups excluding carboxylic acids is 1. The predicted octanol–water partition coefficient (Wildman–Crippen LogP) is 4.49. The maximum Gasteiger partial charge on any atom is 0.200 e. The van der Waals surface area contributed by atoms with Crippen LogP contribution < -0.4 is 4.74 Å². The van der Waals surface area contributed by atoms with Crippen LogP contribution >= 0.6 is 0 Å². The summed E-state index contributed by atoms with van der Waals surface area (Å²) in [4.78, 5) is 19.0. The summed E-state index contributed by atoms with van der Waals surface area (Å²) in [5.74, 6) is 0.680. The molecule has 0 unspecified atom stereocenters. The Hall–Kier alpha value is -2.62. The molecule has 0 fully saturated rings. The maximum atomic E-state index is 12.5. The van der Waals surface area contributed by atoms with E-state index in [1.165, 1.54) is 0 Å². The molecule has 0 saturated heterocycles. The lowest BCUT2D eigenvalue weighted by atomic mass is 10.0. The van der Waals surface area contributed by atoms with Crippen molar-refractivity contribution in [2.45, 2.75) is 27.7 Å². The molecule has 2 aromatic carbocycles. The smallest absolute Gasteiger partial charge is 0.200 e. The number of nitrogens with zero attached hydrogens (tertiary/aromatic N) is 2. The molecule has 0 atom stereocenters. The number of benzene rings is 2. The number of ketones is 1. The number of aliphatic imine (C=N–C) groups is 1. The Kier molecular flexibility index (Phi) is 6.34. The van der Waals surface area contributed by atoms with E-state index in [9.17, 15) is 4.79 Å². The van der Waals surface area contributed by atoms with Crippen LogP contribution in [0.25, 0.3) is 0 Å². The molecule has 0 amide bonds.